The SMILES string of the molecule is O=C(Nc1cccc([C@H]2O[C@@H](CSc3nnnn3-c3ccccc3)C[C@@H](c3ccc(CO)cc3)O2)c1)C(Cl)(Cl)Cl. The summed E-state index contributed by atoms with van der Waals surface area (Å²) in [5, 5.41) is 24.8. The number of ether oxygens (including phenoxy) is 2. The second-order valence-electron chi connectivity index (χ2n) is 8.95. The third-order valence-electron chi connectivity index (χ3n) is 6.13. The normalized spacial score (nSPS) is 19.4. The molecule has 1 amide bonds. The molecule has 0 saturated carbocycles. The number of tetrazole rings is 1. The highest BCUT2D eigenvalue weighted by atomic mass is 35.6. The lowest BCUT2D eigenvalue weighted by atomic mass is 10.0. The van der Waals surface area contributed by atoms with E-state index in [1.165, 1.54) is 11.8 Å². The highest BCUT2D eigenvalue weighted by Gasteiger charge is 2.34. The van der Waals surface area contributed by atoms with E-state index in [1.807, 2.05) is 60.7 Å². The van der Waals surface area contributed by atoms with Crippen molar-refractivity contribution < 1.29 is 19.4 Å². The van der Waals surface area contributed by atoms with E-state index in [1.54, 1.807) is 22.9 Å². The number of halogens is 3. The monoisotopic (exact) mass is 619 g/mol. The molecule has 1 aromatic heterocycles. The van der Waals surface area contributed by atoms with Crippen molar-refractivity contribution in [3.63, 3.8) is 0 Å². The van der Waals surface area contributed by atoms with Crippen molar-refractivity contribution in [2.24, 2.45) is 0 Å². The van der Waals surface area contributed by atoms with Crippen LogP contribution in [0.1, 0.15) is 35.5 Å². The zero-order valence-corrected chi connectivity index (χ0v) is 23.9. The number of aliphatic hydroxyl groups is 1. The van der Waals surface area contributed by atoms with Crippen molar-refractivity contribution in [3.05, 3.63) is 95.6 Å². The molecule has 1 fully saturated rings. The molecule has 9 nitrogen and oxygen atoms in total. The lowest BCUT2D eigenvalue weighted by Crippen LogP contribution is -2.31. The number of nitrogens with zero attached hydrogens (tertiary/aromatic N) is 4. The summed E-state index contributed by atoms with van der Waals surface area (Å²) in [6, 6.07) is 24.3. The molecule has 0 bridgehead atoms. The summed E-state index contributed by atoms with van der Waals surface area (Å²) >= 11 is 18.6. The molecule has 5 rings (SSSR count). The van der Waals surface area contributed by atoms with Crippen LogP contribution in [0.15, 0.2) is 84.0 Å². The van der Waals surface area contributed by atoms with Gasteiger partial charge in [-0.1, -0.05) is 101 Å². The van der Waals surface area contributed by atoms with Gasteiger partial charge in [-0.15, -0.1) is 5.10 Å². The van der Waals surface area contributed by atoms with Gasteiger partial charge in [-0.2, -0.15) is 4.68 Å². The number of carbonyl (C=O) groups excluding carboxylic acids is 1. The number of carbonyl (C=O) groups is 1. The third-order valence-corrected chi connectivity index (χ3v) is 7.70. The number of aromatic nitrogens is 4. The van der Waals surface area contributed by atoms with Gasteiger partial charge in [0.1, 0.15) is 0 Å². The van der Waals surface area contributed by atoms with E-state index in [2.05, 4.69) is 20.8 Å². The Hall–Kier alpha value is -2.70. The third kappa shape index (κ3) is 7.13. The van der Waals surface area contributed by atoms with E-state index in [4.69, 9.17) is 44.3 Å². The van der Waals surface area contributed by atoms with Gasteiger partial charge in [-0.05, 0) is 45.8 Å². The van der Waals surface area contributed by atoms with Gasteiger partial charge in [-0.3, -0.25) is 4.79 Å². The van der Waals surface area contributed by atoms with Crippen LogP contribution < -0.4 is 5.32 Å². The number of amides is 1. The topological polar surface area (TPSA) is 111 Å². The molecule has 13 heteroatoms. The lowest BCUT2D eigenvalue weighted by molar-refractivity contribution is -0.245. The molecular formula is C27H24Cl3N5O4S. The molecule has 4 aromatic rings. The Bertz CT molecular complexity index is 1440. The van der Waals surface area contributed by atoms with Crippen LogP contribution in [0.2, 0.25) is 0 Å². The van der Waals surface area contributed by atoms with Crippen LogP contribution >= 0.6 is 46.6 Å². The maximum Gasteiger partial charge on any atom is 0.276 e. The van der Waals surface area contributed by atoms with Gasteiger partial charge in [-0.25, -0.2) is 0 Å². The van der Waals surface area contributed by atoms with Gasteiger partial charge >= 0.3 is 0 Å². The molecule has 2 N–H and O–H groups in total. The molecule has 0 aliphatic carbocycles. The van der Waals surface area contributed by atoms with E-state index < -0.39 is 16.0 Å². The molecule has 1 aliphatic rings. The smallest absolute Gasteiger partial charge is 0.276 e. The molecule has 208 valence electrons. The van der Waals surface area contributed by atoms with Crippen molar-refractivity contribution in [2.75, 3.05) is 11.1 Å². The van der Waals surface area contributed by atoms with E-state index >= 15 is 0 Å². The predicted molar refractivity (Wildman–Crippen MR) is 154 cm³/mol. The Morgan fingerprint density at radius 1 is 1.02 bits per heavy atom. The minimum absolute atomic E-state index is 0.0420. The van der Waals surface area contributed by atoms with Gasteiger partial charge in [0.15, 0.2) is 6.29 Å². The minimum Gasteiger partial charge on any atom is -0.392 e. The first-order valence-electron chi connectivity index (χ1n) is 12.3. The summed E-state index contributed by atoms with van der Waals surface area (Å²) in [7, 11) is 0. The summed E-state index contributed by atoms with van der Waals surface area (Å²) < 4.78 is 12.4. The Labute approximate surface area is 249 Å². The standard InChI is InChI=1S/C27H24Cl3N5O4S/c28-27(29,30)25(37)31-20-6-4-5-19(13-20)24-38-22(14-23(39-24)18-11-9-17(15-36)10-12-18)16-40-26-32-33-34-35(26)21-7-2-1-3-8-21/h1-13,22-24,36H,14-16H2,(H,31,37)/t22-,23+,24+/m1/s1. The maximum atomic E-state index is 12.2. The van der Waals surface area contributed by atoms with Gasteiger partial charge in [0.2, 0.25) is 5.16 Å². The van der Waals surface area contributed by atoms with Crippen molar-refractivity contribution in [1.29, 1.82) is 0 Å². The summed E-state index contributed by atoms with van der Waals surface area (Å²) in [4.78, 5) is 12.2. The van der Waals surface area contributed by atoms with E-state index in [0.717, 1.165) is 16.8 Å². The molecule has 0 radical (unpaired) electrons. The molecule has 1 aliphatic heterocycles. The molecule has 3 aromatic carbocycles. The largest absolute Gasteiger partial charge is 0.392 e. The van der Waals surface area contributed by atoms with Gasteiger partial charge in [0, 0.05) is 23.4 Å². The molecular weight excluding hydrogens is 597 g/mol. The Morgan fingerprint density at radius 2 is 1.80 bits per heavy atom. The first kappa shape index (κ1) is 28.8. The van der Waals surface area contributed by atoms with Crippen molar-refractivity contribution >= 4 is 58.2 Å². The highest BCUT2D eigenvalue weighted by Crippen LogP contribution is 2.40. The van der Waals surface area contributed by atoms with Crippen molar-refractivity contribution in [1.82, 2.24) is 20.2 Å². The van der Waals surface area contributed by atoms with Gasteiger partial charge in [0.05, 0.1) is 24.5 Å². The first-order valence-corrected chi connectivity index (χ1v) is 14.4. The van der Waals surface area contributed by atoms with Crippen LogP contribution in [0, 0.1) is 0 Å². The zero-order chi connectivity index (χ0) is 28.1. The number of hydrogen-bond acceptors (Lipinski definition) is 8. The summed E-state index contributed by atoms with van der Waals surface area (Å²) in [6.45, 7) is -0.0420. The highest BCUT2D eigenvalue weighted by molar-refractivity contribution is 7.99. The van der Waals surface area contributed by atoms with Crippen LogP contribution in [0.3, 0.4) is 0 Å². The lowest BCUT2D eigenvalue weighted by Gasteiger charge is -2.36. The van der Waals surface area contributed by atoms with Crippen LogP contribution in [0.5, 0.6) is 0 Å². The Balaban J connectivity index is 1.36. The zero-order valence-electron chi connectivity index (χ0n) is 20.9. The van der Waals surface area contributed by atoms with E-state index in [-0.39, 0.29) is 18.8 Å². The fraction of sp³-hybridized carbons (Fsp3) is 0.259. The number of hydrogen-bond donors (Lipinski definition) is 2. The number of para-hydroxylation sites is 1. The van der Waals surface area contributed by atoms with Crippen molar-refractivity contribution in [3.8, 4) is 5.69 Å². The van der Waals surface area contributed by atoms with Crippen LogP contribution in [0.4, 0.5) is 5.69 Å². The second kappa shape index (κ2) is 12.9. The Kier molecular flexibility index (Phi) is 9.27. The number of rotatable bonds is 8. The number of benzene rings is 3. The summed E-state index contributed by atoms with van der Waals surface area (Å²) in [6.07, 6.45) is -0.677. The van der Waals surface area contributed by atoms with Gasteiger partial charge < -0.3 is 19.9 Å². The minimum atomic E-state index is -2.10. The fourth-order valence-electron chi connectivity index (χ4n) is 4.16. The van der Waals surface area contributed by atoms with Crippen LogP contribution in [0.25, 0.3) is 5.69 Å². The summed E-state index contributed by atoms with van der Waals surface area (Å²) in [5.41, 5.74) is 3.74. The first-order chi connectivity index (χ1) is 19.3. The quantitative estimate of drug-likeness (QED) is 0.188. The average molecular weight is 621 g/mol. The van der Waals surface area contributed by atoms with Crippen LogP contribution in [-0.4, -0.2) is 46.9 Å². The molecule has 0 spiro atoms. The molecule has 2 heterocycles. The number of anilines is 1. The number of nitrogens with one attached hydrogen (secondary N) is 1. The molecule has 3 atom stereocenters. The maximum absolute atomic E-state index is 12.2. The number of aliphatic hydroxyl groups excluding tert-OH is 1. The second-order valence-corrected chi connectivity index (χ2v) is 12.2. The number of thioether (sulfide) groups is 1. The van der Waals surface area contributed by atoms with Crippen LogP contribution in [-0.2, 0) is 20.9 Å². The fourth-order valence-corrected chi connectivity index (χ4v) is 5.21. The summed E-state index contributed by atoms with van der Waals surface area (Å²) in [5.74, 6) is -0.213. The van der Waals surface area contributed by atoms with E-state index in [0.29, 0.717) is 28.6 Å². The molecule has 40 heavy (non-hydrogen) atoms. The molecule has 1 saturated heterocycles. The molecule has 0 unspecified atom stereocenters. The van der Waals surface area contributed by atoms with Gasteiger partial charge in [0.25, 0.3) is 9.70 Å². The number of alkyl halides is 3. The van der Waals surface area contributed by atoms with E-state index in [9.17, 15) is 9.90 Å². The predicted octanol–water partition coefficient (Wildman–Crippen LogP) is 5.80. The average Bonchev–Trinajstić information content (AvgIpc) is 3.45. The van der Waals surface area contributed by atoms with Crippen molar-refractivity contribution in [2.45, 2.75) is 40.5 Å². The Morgan fingerprint density at radius 3 is 2.52 bits per heavy atom.